The Morgan fingerprint density at radius 3 is 2.11 bits per heavy atom. The van der Waals surface area contributed by atoms with E-state index in [0.29, 0.717) is 6.29 Å². The summed E-state index contributed by atoms with van der Waals surface area (Å²) in [6.07, 6.45) is -0.146. The Labute approximate surface area is 54.9 Å². The molecule has 0 fully saturated rings. The lowest BCUT2D eigenvalue weighted by Gasteiger charge is -2.16. The van der Waals surface area contributed by atoms with Crippen molar-refractivity contribution in [3.05, 3.63) is 0 Å². The van der Waals surface area contributed by atoms with Gasteiger partial charge in [0, 0.05) is 0 Å². The van der Waals surface area contributed by atoms with Crippen LogP contribution in [0, 0.1) is 5.92 Å². The molecule has 0 aliphatic rings. The third-order valence-electron chi connectivity index (χ3n) is 1.23. The maximum absolute atomic E-state index is 9.97. The Hall–Kier alpha value is -0.410. The zero-order valence-corrected chi connectivity index (χ0v) is 5.74. The van der Waals surface area contributed by atoms with Crippen LogP contribution in [-0.4, -0.2) is 23.5 Å². The standard InChI is InChI=1S/C6H13NO2/c1-4(2)6(9)5(7)3-8/h3-6,9H,7H2,1-2H3. The van der Waals surface area contributed by atoms with E-state index in [9.17, 15) is 4.79 Å². The quantitative estimate of drug-likeness (QED) is 0.509. The van der Waals surface area contributed by atoms with Crippen molar-refractivity contribution < 1.29 is 9.90 Å². The highest BCUT2D eigenvalue weighted by atomic mass is 16.3. The number of carbonyl (C=O) groups excluding carboxylic acids is 1. The molecular formula is C6H13NO2. The van der Waals surface area contributed by atoms with Crippen LogP contribution in [0.3, 0.4) is 0 Å². The van der Waals surface area contributed by atoms with Gasteiger partial charge in [0.1, 0.15) is 6.29 Å². The van der Waals surface area contributed by atoms with Gasteiger partial charge >= 0.3 is 0 Å². The SMILES string of the molecule is CC(C)C(O)C(N)C=O. The van der Waals surface area contributed by atoms with E-state index in [4.69, 9.17) is 10.8 Å². The van der Waals surface area contributed by atoms with Crippen LogP contribution in [0.4, 0.5) is 0 Å². The maximum atomic E-state index is 9.97. The van der Waals surface area contributed by atoms with Crippen molar-refractivity contribution in [3.8, 4) is 0 Å². The van der Waals surface area contributed by atoms with E-state index in [0.717, 1.165) is 0 Å². The van der Waals surface area contributed by atoms with Gasteiger partial charge in [-0.15, -0.1) is 0 Å². The fraction of sp³-hybridized carbons (Fsp3) is 0.833. The first-order valence-electron chi connectivity index (χ1n) is 2.98. The molecule has 0 rings (SSSR count). The number of hydrogen-bond acceptors (Lipinski definition) is 3. The molecule has 0 saturated heterocycles. The van der Waals surface area contributed by atoms with Crippen LogP contribution in [0.25, 0.3) is 0 Å². The largest absolute Gasteiger partial charge is 0.391 e. The van der Waals surface area contributed by atoms with Crippen molar-refractivity contribution in [2.75, 3.05) is 0 Å². The van der Waals surface area contributed by atoms with Crippen LogP contribution >= 0.6 is 0 Å². The lowest BCUT2D eigenvalue weighted by atomic mass is 10.0. The molecule has 0 amide bonds. The summed E-state index contributed by atoms with van der Waals surface area (Å²) in [7, 11) is 0. The Bertz CT molecular complexity index is 93.1. The second-order valence-electron chi connectivity index (χ2n) is 2.45. The lowest BCUT2D eigenvalue weighted by molar-refractivity contribution is -0.111. The summed E-state index contributed by atoms with van der Waals surface area (Å²) in [4.78, 5) is 9.97. The van der Waals surface area contributed by atoms with Gasteiger partial charge in [-0.2, -0.15) is 0 Å². The van der Waals surface area contributed by atoms with E-state index in [-0.39, 0.29) is 5.92 Å². The van der Waals surface area contributed by atoms with Crippen LogP contribution in [0.2, 0.25) is 0 Å². The summed E-state index contributed by atoms with van der Waals surface area (Å²) in [5.74, 6) is 0.0465. The number of aliphatic hydroxyl groups excluding tert-OH is 1. The second kappa shape index (κ2) is 3.58. The molecule has 0 radical (unpaired) electrons. The minimum absolute atomic E-state index is 0.0465. The molecule has 0 aliphatic carbocycles. The fourth-order valence-corrected chi connectivity index (χ4v) is 0.525. The minimum atomic E-state index is -0.731. The van der Waals surface area contributed by atoms with Crippen LogP contribution in [0.15, 0.2) is 0 Å². The number of aldehydes is 1. The molecule has 3 N–H and O–H groups in total. The molecule has 0 bridgehead atoms. The van der Waals surface area contributed by atoms with Crippen molar-refractivity contribution in [1.82, 2.24) is 0 Å². The van der Waals surface area contributed by atoms with Gasteiger partial charge in [0.15, 0.2) is 0 Å². The van der Waals surface area contributed by atoms with Gasteiger partial charge in [-0.05, 0) is 5.92 Å². The predicted octanol–water partition coefficient (Wildman–Crippen LogP) is -0.471. The summed E-state index contributed by atoms with van der Waals surface area (Å²) in [5.41, 5.74) is 5.20. The summed E-state index contributed by atoms with van der Waals surface area (Å²) in [5, 5.41) is 9.04. The molecule has 0 aliphatic heterocycles. The van der Waals surface area contributed by atoms with Crippen molar-refractivity contribution >= 4 is 6.29 Å². The first-order chi connectivity index (χ1) is 4.09. The fourth-order valence-electron chi connectivity index (χ4n) is 0.525. The number of nitrogens with two attached hydrogens (primary N) is 1. The molecule has 3 heteroatoms. The second-order valence-corrected chi connectivity index (χ2v) is 2.45. The van der Waals surface area contributed by atoms with E-state index in [1.165, 1.54) is 0 Å². The molecule has 54 valence electrons. The average molecular weight is 131 g/mol. The summed E-state index contributed by atoms with van der Waals surface area (Å²) < 4.78 is 0. The molecule has 3 nitrogen and oxygen atoms in total. The minimum Gasteiger partial charge on any atom is -0.391 e. The van der Waals surface area contributed by atoms with E-state index in [1.807, 2.05) is 13.8 Å². The van der Waals surface area contributed by atoms with Crippen LogP contribution in [0.1, 0.15) is 13.8 Å². The lowest BCUT2D eigenvalue weighted by Crippen LogP contribution is -2.39. The number of hydrogen-bond donors (Lipinski definition) is 2. The molecule has 0 aromatic rings. The van der Waals surface area contributed by atoms with E-state index in [1.54, 1.807) is 0 Å². The zero-order chi connectivity index (χ0) is 7.44. The highest BCUT2D eigenvalue weighted by Crippen LogP contribution is 2.01. The molecular weight excluding hydrogens is 118 g/mol. The van der Waals surface area contributed by atoms with Crippen molar-refractivity contribution in [3.63, 3.8) is 0 Å². The van der Waals surface area contributed by atoms with Gasteiger partial charge in [0.25, 0.3) is 0 Å². The zero-order valence-electron chi connectivity index (χ0n) is 5.74. The Morgan fingerprint density at radius 2 is 2.00 bits per heavy atom. The topological polar surface area (TPSA) is 63.3 Å². The number of rotatable bonds is 3. The van der Waals surface area contributed by atoms with Gasteiger partial charge in [-0.1, -0.05) is 13.8 Å². The molecule has 0 saturated carbocycles. The van der Waals surface area contributed by atoms with Gasteiger partial charge in [0.2, 0.25) is 0 Å². The molecule has 9 heavy (non-hydrogen) atoms. The van der Waals surface area contributed by atoms with E-state index < -0.39 is 12.1 Å². The third-order valence-corrected chi connectivity index (χ3v) is 1.23. The Balaban J connectivity index is 3.71. The van der Waals surface area contributed by atoms with Gasteiger partial charge in [-0.25, -0.2) is 0 Å². The van der Waals surface area contributed by atoms with Crippen LogP contribution in [0.5, 0.6) is 0 Å². The molecule has 2 unspecified atom stereocenters. The highest BCUT2D eigenvalue weighted by molar-refractivity contribution is 5.58. The average Bonchev–Trinajstić information content (AvgIpc) is 1.84. The Morgan fingerprint density at radius 1 is 1.56 bits per heavy atom. The van der Waals surface area contributed by atoms with Gasteiger partial charge < -0.3 is 15.6 Å². The van der Waals surface area contributed by atoms with Crippen LogP contribution < -0.4 is 5.73 Å². The van der Waals surface area contributed by atoms with Crippen molar-refractivity contribution in [2.24, 2.45) is 11.7 Å². The summed E-state index contributed by atoms with van der Waals surface area (Å²) in [6, 6.07) is -0.731. The Kier molecular flexibility index (Phi) is 3.42. The summed E-state index contributed by atoms with van der Waals surface area (Å²) >= 11 is 0. The van der Waals surface area contributed by atoms with E-state index >= 15 is 0 Å². The molecule has 0 aromatic carbocycles. The number of carbonyl (C=O) groups is 1. The van der Waals surface area contributed by atoms with Crippen molar-refractivity contribution in [1.29, 1.82) is 0 Å². The van der Waals surface area contributed by atoms with Gasteiger partial charge in [0.05, 0.1) is 12.1 Å². The third kappa shape index (κ3) is 2.58. The molecule has 0 heterocycles. The highest BCUT2D eigenvalue weighted by Gasteiger charge is 2.16. The van der Waals surface area contributed by atoms with Gasteiger partial charge in [-0.3, -0.25) is 0 Å². The smallest absolute Gasteiger partial charge is 0.139 e. The monoisotopic (exact) mass is 131 g/mol. The molecule has 0 aromatic heterocycles. The predicted molar refractivity (Wildman–Crippen MR) is 34.9 cm³/mol. The number of aliphatic hydroxyl groups is 1. The maximum Gasteiger partial charge on any atom is 0.139 e. The molecule has 0 spiro atoms. The first kappa shape index (κ1) is 8.59. The molecule has 2 atom stereocenters. The van der Waals surface area contributed by atoms with Crippen LogP contribution in [-0.2, 0) is 4.79 Å². The van der Waals surface area contributed by atoms with E-state index in [2.05, 4.69) is 0 Å². The normalized spacial score (nSPS) is 17.4. The first-order valence-corrected chi connectivity index (χ1v) is 2.98. The van der Waals surface area contributed by atoms with Crippen molar-refractivity contribution in [2.45, 2.75) is 26.0 Å². The summed E-state index contributed by atoms with van der Waals surface area (Å²) in [6.45, 7) is 3.63.